The number of hydrogen-bond acceptors (Lipinski definition) is 4. The number of nitrogens with zero attached hydrogens (tertiary/aromatic N) is 3. The lowest BCUT2D eigenvalue weighted by atomic mass is 9.92. The van der Waals surface area contributed by atoms with Crippen molar-refractivity contribution in [2.24, 2.45) is 5.92 Å². The lowest BCUT2D eigenvalue weighted by molar-refractivity contribution is -0.127. The lowest BCUT2D eigenvalue weighted by Gasteiger charge is -2.24. The van der Waals surface area contributed by atoms with Gasteiger partial charge in [0, 0.05) is 30.8 Å². The highest BCUT2D eigenvalue weighted by molar-refractivity contribution is 5.97. The van der Waals surface area contributed by atoms with Gasteiger partial charge >= 0.3 is 0 Å². The van der Waals surface area contributed by atoms with E-state index in [9.17, 15) is 9.59 Å². The average molecular weight is 460 g/mol. The first-order chi connectivity index (χ1) is 16.5. The molecule has 0 fully saturated rings. The summed E-state index contributed by atoms with van der Waals surface area (Å²) in [5.74, 6) is 0.252. The molecule has 0 bridgehead atoms. The molecule has 0 spiro atoms. The summed E-state index contributed by atoms with van der Waals surface area (Å²) >= 11 is 0. The molecule has 34 heavy (non-hydrogen) atoms. The number of aromatic nitrogens is 2. The molecule has 1 aromatic heterocycles. The molecule has 1 heterocycles. The molecular weight excluding hydrogens is 426 g/mol. The minimum absolute atomic E-state index is 0.0354. The van der Waals surface area contributed by atoms with Gasteiger partial charge in [-0.3, -0.25) is 14.3 Å². The van der Waals surface area contributed by atoms with Gasteiger partial charge < -0.3 is 9.64 Å². The predicted octanol–water partition coefficient (Wildman–Crippen LogP) is 4.56. The maximum Gasteiger partial charge on any atom is 0.230 e. The minimum Gasteiger partial charge on any atom is -0.497 e. The summed E-state index contributed by atoms with van der Waals surface area (Å²) in [5.41, 5.74) is 5.34. The van der Waals surface area contributed by atoms with E-state index in [-0.39, 0.29) is 24.7 Å². The number of carbonyl (C=O) groups is 2. The van der Waals surface area contributed by atoms with Crippen LogP contribution in [-0.4, -0.2) is 35.6 Å². The van der Waals surface area contributed by atoms with E-state index in [1.807, 2.05) is 66.2 Å². The highest BCUT2D eigenvalue weighted by Gasteiger charge is 2.27. The zero-order valence-corrected chi connectivity index (χ0v) is 20.3. The van der Waals surface area contributed by atoms with Crippen LogP contribution in [-0.2, 0) is 35.4 Å². The average Bonchev–Trinajstić information content (AvgIpc) is 3.18. The molecule has 6 nitrogen and oxygen atoms in total. The third kappa shape index (κ3) is 5.38. The molecule has 1 atom stereocenters. The largest absolute Gasteiger partial charge is 0.497 e. The minimum atomic E-state index is -0.450. The zero-order valence-electron chi connectivity index (χ0n) is 20.3. The van der Waals surface area contributed by atoms with Crippen LogP contribution in [0, 0.1) is 12.8 Å². The quantitative estimate of drug-likeness (QED) is 0.471. The lowest BCUT2D eigenvalue weighted by Crippen LogP contribution is -2.35. The van der Waals surface area contributed by atoms with Crippen molar-refractivity contribution >= 4 is 17.4 Å². The van der Waals surface area contributed by atoms with Crippen LogP contribution in [0.4, 0.5) is 5.69 Å². The normalized spacial score (nSPS) is 13.7. The molecule has 0 saturated heterocycles. The van der Waals surface area contributed by atoms with Crippen molar-refractivity contribution in [2.75, 3.05) is 19.1 Å². The van der Waals surface area contributed by atoms with Gasteiger partial charge in [0.25, 0.3) is 0 Å². The number of hydrogen-bond donors (Lipinski definition) is 0. The Hall–Kier alpha value is -3.41. The Morgan fingerprint density at radius 1 is 1.06 bits per heavy atom. The third-order valence-electron chi connectivity index (χ3n) is 6.72. The number of methoxy groups -OCH3 is 1. The van der Waals surface area contributed by atoms with Crippen molar-refractivity contribution in [3.05, 3.63) is 77.1 Å². The second kappa shape index (κ2) is 10.7. The van der Waals surface area contributed by atoms with Gasteiger partial charge in [-0.25, -0.2) is 0 Å². The molecule has 1 aliphatic carbocycles. The second-order valence-corrected chi connectivity index (χ2v) is 9.10. The van der Waals surface area contributed by atoms with Crippen LogP contribution in [0.1, 0.15) is 41.8 Å². The number of rotatable bonds is 9. The molecule has 2 aromatic carbocycles. The fourth-order valence-electron chi connectivity index (χ4n) is 4.86. The zero-order chi connectivity index (χ0) is 24.1. The van der Waals surface area contributed by atoms with Gasteiger partial charge in [-0.05, 0) is 74.4 Å². The maximum absolute atomic E-state index is 13.5. The summed E-state index contributed by atoms with van der Waals surface area (Å²) in [6.45, 7) is 2.25. The molecule has 0 N–H and O–H groups in total. The Labute approximate surface area is 201 Å². The standard InChI is InChI=1S/C28H33N3O3/c1-20-26-11-7-8-12-27(26)31(29-20)19-24(32)18-22(17-21-9-5-4-6-10-21)28(33)30(2)23-13-15-25(34-3)16-14-23/h4-6,9-10,13-16,22H,7-8,11-12,17-19H2,1-3H3/t22-/m1/s1. The van der Waals surface area contributed by atoms with E-state index in [1.54, 1.807) is 19.1 Å². The Kier molecular flexibility index (Phi) is 7.46. The van der Waals surface area contributed by atoms with E-state index in [1.165, 1.54) is 17.7 Å². The first-order valence-electron chi connectivity index (χ1n) is 12.0. The van der Waals surface area contributed by atoms with Crippen LogP contribution in [0.25, 0.3) is 0 Å². The van der Waals surface area contributed by atoms with Crippen LogP contribution in [0.5, 0.6) is 5.75 Å². The van der Waals surface area contributed by atoms with Crippen molar-refractivity contribution in [1.29, 1.82) is 0 Å². The summed E-state index contributed by atoms with van der Waals surface area (Å²) in [6, 6.07) is 17.3. The highest BCUT2D eigenvalue weighted by Crippen LogP contribution is 2.26. The SMILES string of the molecule is COc1ccc(N(C)C(=O)[C@@H](CC(=O)Cn2nc(C)c3c2CCCC3)Cc2ccccc2)cc1. The first kappa shape index (κ1) is 23.7. The Morgan fingerprint density at radius 3 is 2.47 bits per heavy atom. The fourth-order valence-corrected chi connectivity index (χ4v) is 4.86. The predicted molar refractivity (Wildman–Crippen MR) is 133 cm³/mol. The number of amides is 1. The van der Waals surface area contributed by atoms with E-state index in [0.717, 1.165) is 42.0 Å². The van der Waals surface area contributed by atoms with Gasteiger partial charge in [-0.15, -0.1) is 0 Å². The molecule has 0 radical (unpaired) electrons. The van der Waals surface area contributed by atoms with E-state index < -0.39 is 5.92 Å². The number of ketones is 1. The number of carbonyl (C=O) groups excluding carboxylic acids is 2. The van der Waals surface area contributed by atoms with Gasteiger partial charge in [0.1, 0.15) is 5.75 Å². The van der Waals surface area contributed by atoms with E-state index in [2.05, 4.69) is 5.10 Å². The molecule has 1 amide bonds. The Morgan fingerprint density at radius 2 is 1.76 bits per heavy atom. The van der Waals surface area contributed by atoms with Crippen LogP contribution >= 0.6 is 0 Å². The van der Waals surface area contributed by atoms with Gasteiger partial charge in [0.2, 0.25) is 5.91 Å². The van der Waals surface area contributed by atoms with E-state index >= 15 is 0 Å². The number of fused-ring (bicyclic) bond motifs is 1. The maximum atomic E-state index is 13.5. The number of anilines is 1. The molecule has 6 heteroatoms. The van der Waals surface area contributed by atoms with Crippen LogP contribution < -0.4 is 9.64 Å². The van der Waals surface area contributed by atoms with Gasteiger partial charge in [-0.1, -0.05) is 30.3 Å². The van der Waals surface area contributed by atoms with Crippen LogP contribution in [0.3, 0.4) is 0 Å². The van der Waals surface area contributed by atoms with Crippen molar-refractivity contribution in [1.82, 2.24) is 9.78 Å². The molecule has 0 saturated carbocycles. The first-order valence-corrected chi connectivity index (χ1v) is 12.0. The summed E-state index contributed by atoms with van der Waals surface area (Å²) in [5, 5.41) is 4.66. The number of ether oxygens (including phenoxy) is 1. The molecule has 178 valence electrons. The van der Waals surface area contributed by atoms with Crippen molar-refractivity contribution in [3.8, 4) is 5.75 Å². The summed E-state index contributed by atoms with van der Waals surface area (Å²) in [7, 11) is 3.38. The molecule has 4 rings (SSSR count). The van der Waals surface area contributed by atoms with Gasteiger partial charge in [0.05, 0.1) is 19.3 Å². The monoisotopic (exact) mass is 459 g/mol. The fraction of sp³-hybridized carbons (Fsp3) is 0.393. The van der Waals surface area contributed by atoms with E-state index in [0.29, 0.717) is 6.42 Å². The Balaban J connectivity index is 1.52. The number of aryl methyl sites for hydroxylation is 1. The molecule has 3 aromatic rings. The van der Waals surface area contributed by atoms with Gasteiger partial charge in [0.15, 0.2) is 5.78 Å². The summed E-state index contributed by atoms with van der Waals surface area (Å²) < 4.78 is 7.11. The van der Waals surface area contributed by atoms with Gasteiger partial charge in [-0.2, -0.15) is 5.10 Å². The second-order valence-electron chi connectivity index (χ2n) is 9.10. The van der Waals surface area contributed by atoms with Crippen molar-refractivity contribution in [3.63, 3.8) is 0 Å². The summed E-state index contributed by atoms with van der Waals surface area (Å²) in [6.07, 6.45) is 5.02. The number of Topliss-reactive ketones (excluding diaryl/α,β-unsaturated/α-hetero) is 1. The Bertz CT molecular complexity index is 1140. The van der Waals surface area contributed by atoms with Crippen LogP contribution in [0.2, 0.25) is 0 Å². The summed E-state index contributed by atoms with van der Waals surface area (Å²) in [4.78, 5) is 28.4. The van der Waals surface area contributed by atoms with Crippen LogP contribution in [0.15, 0.2) is 54.6 Å². The molecule has 1 aliphatic rings. The molecule has 0 aliphatic heterocycles. The van der Waals surface area contributed by atoms with Crippen molar-refractivity contribution < 1.29 is 14.3 Å². The molecular formula is C28H33N3O3. The highest BCUT2D eigenvalue weighted by atomic mass is 16.5. The van der Waals surface area contributed by atoms with E-state index in [4.69, 9.17) is 4.74 Å². The van der Waals surface area contributed by atoms with Crippen molar-refractivity contribution in [2.45, 2.75) is 52.0 Å². The molecule has 0 unspecified atom stereocenters. The number of benzene rings is 2. The third-order valence-corrected chi connectivity index (χ3v) is 6.72. The topological polar surface area (TPSA) is 64.4 Å². The smallest absolute Gasteiger partial charge is 0.230 e.